The molecule has 0 spiro atoms. The van der Waals surface area contributed by atoms with Crippen LogP contribution >= 0.6 is 0 Å². The molecule has 2 atom stereocenters. The van der Waals surface area contributed by atoms with E-state index in [0.717, 1.165) is 0 Å². The zero-order valence-electron chi connectivity index (χ0n) is 11.1. The monoisotopic (exact) mass is 308 g/mol. The number of carboxylic acid groups (broad SMARTS) is 1. The summed E-state index contributed by atoms with van der Waals surface area (Å²) in [7, 11) is 0. The van der Waals surface area contributed by atoms with Gasteiger partial charge in [-0.25, -0.2) is 14.6 Å². The lowest BCUT2D eigenvalue weighted by Gasteiger charge is -2.19. The molecule has 0 aliphatic rings. The van der Waals surface area contributed by atoms with Crippen LogP contribution in [-0.4, -0.2) is 45.3 Å². The molecule has 118 valence electrons. The first-order chi connectivity index (χ1) is 9.67. The van der Waals surface area contributed by atoms with Crippen LogP contribution in [0, 0.1) is 0 Å². The third kappa shape index (κ3) is 6.63. The molecule has 0 radical (unpaired) electrons. The molecule has 4 N–H and O–H groups in total. The van der Waals surface area contributed by atoms with E-state index >= 15 is 0 Å². The second-order valence-electron chi connectivity index (χ2n) is 4.51. The molecule has 0 saturated carbocycles. The topological polar surface area (TPSA) is 107 Å². The number of carbonyl (C=O) groups is 2. The summed E-state index contributed by atoms with van der Waals surface area (Å²) in [6, 6.07) is -3.41. The van der Waals surface area contributed by atoms with Gasteiger partial charge in [0.05, 0.1) is 12.7 Å². The number of alkyl halides is 3. The number of aliphatic carboxylic acids is 1. The maximum Gasteiger partial charge on any atom is 0.391 e. The second kappa shape index (κ2) is 6.95. The van der Waals surface area contributed by atoms with Crippen molar-refractivity contribution in [1.82, 2.24) is 20.6 Å². The van der Waals surface area contributed by atoms with E-state index in [1.54, 1.807) is 0 Å². The van der Waals surface area contributed by atoms with Crippen LogP contribution in [0.5, 0.6) is 0 Å². The Kier molecular flexibility index (Phi) is 5.56. The van der Waals surface area contributed by atoms with Gasteiger partial charge in [-0.1, -0.05) is 0 Å². The van der Waals surface area contributed by atoms with Gasteiger partial charge in [0.1, 0.15) is 6.04 Å². The molecule has 1 aromatic rings. The number of halogens is 3. The summed E-state index contributed by atoms with van der Waals surface area (Å²) in [5, 5.41) is 13.1. The molecule has 1 unspecified atom stereocenters. The summed E-state index contributed by atoms with van der Waals surface area (Å²) in [5.41, 5.74) is 0.478. The van der Waals surface area contributed by atoms with Crippen molar-refractivity contribution in [2.45, 2.75) is 38.0 Å². The number of H-pyrrole nitrogens is 1. The van der Waals surface area contributed by atoms with Gasteiger partial charge in [0, 0.05) is 24.4 Å². The molecule has 0 bridgehead atoms. The predicted molar refractivity (Wildman–Crippen MR) is 65.5 cm³/mol. The molecule has 0 aromatic carbocycles. The van der Waals surface area contributed by atoms with E-state index in [-0.39, 0.29) is 6.42 Å². The van der Waals surface area contributed by atoms with Crippen LogP contribution in [0.3, 0.4) is 0 Å². The van der Waals surface area contributed by atoms with Crippen molar-refractivity contribution in [3.63, 3.8) is 0 Å². The van der Waals surface area contributed by atoms with E-state index in [1.807, 2.05) is 5.32 Å². The molecular weight excluding hydrogens is 293 g/mol. The number of hydrogen-bond acceptors (Lipinski definition) is 3. The summed E-state index contributed by atoms with van der Waals surface area (Å²) in [6.45, 7) is 1.18. The van der Waals surface area contributed by atoms with Gasteiger partial charge in [0.25, 0.3) is 0 Å². The molecule has 0 aliphatic heterocycles. The fourth-order valence-electron chi connectivity index (χ4n) is 1.64. The van der Waals surface area contributed by atoms with Crippen LogP contribution in [0.15, 0.2) is 12.5 Å². The lowest BCUT2D eigenvalue weighted by molar-refractivity contribution is -0.140. The number of carbonyl (C=O) groups excluding carboxylic acids is 1. The number of aromatic amines is 1. The minimum atomic E-state index is -4.41. The Bertz CT molecular complexity index is 476. The van der Waals surface area contributed by atoms with E-state index in [4.69, 9.17) is 5.11 Å². The molecule has 0 fully saturated rings. The van der Waals surface area contributed by atoms with E-state index in [2.05, 4.69) is 15.3 Å². The zero-order chi connectivity index (χ0) is 16.0. The molecule has 0 aliphatic carbocycles. The lowest BCUT2D eigenvalue weighted by atomic mass is 10.1. The molecule has 1 heterocycles. The molecule has 10 heteroatoms. The number of carboxylic acids is 1. The fraction of sp³-hybridized carbons (Fsp3) is 0.545. The van der Waals surface area contributed by atoms with E-state index in [1.165, 1.54) is 19.4 Å². The number of urea groups is 1. The van der Waals surface area contributed by atoms with Gasteiger partial charge in [-0.2, -0.15) is 13.2 Å². The molecule has 1 rings (SSSR count). The van der Waals surface area contributed by atoms with Crippen molar-refractivity contribution in [1.29, 1.82) is 0 Å². The van der Waals surface area contributed by atoms with Gasteiger partial charge in [-0.3, -0.25) is 0 Å². The van der Waals surface area contributed by atoms with E-state index < -0.39 is 36.7 Å². The standard InChI is InChI=1S/C11H15F3N4O3/c1-6(3-11(12,13)14)17-10(21)18-8(9(19)20)2-7-4-15-5-16-7/h4-6,8H,2-3H2,1H3,(H,15,16)(H,19,20)(H2,17,18,21)/t6?,8-/m1/s1. The first-order valence-corrected chi connectivity index (χ1v) is 6.01. The smallest absolute Gasteiger partial charge is 0.391 e. The Hall–Kier alpha value is -2.26. The summed E-state index contributed by atoms with van der Waals surface area (Å²) < 4.78 is 36.4. The van der Waals surface area contributed by atoms with Gasteiger partial charge in [-0.05, 0) is 6.92 Å². The minimum Gasteiger partial charge on any atom is -0.480 e. The van der Waals surface area contributed by atoms with Crippen molar-refractivity contribution >= 4 is 12.0 Å². The Balaban J connectivity index is 2.51. The minimum absolute atomic E-state index is 0.0591. The van der Waals surface area contributed by atoms with Crippen LogP contribution in [0.4, 0.5) is 18.0 Å². The van der Waals surface area contributed by atoms with E-state index in [0.29, 0.717) is 5.69 Å². The summed E-state index contributed by atoms with van der Waals surface area (Å²) in [6.07, 6.45) is -2.93. The Morgan fingerprint density at radius 2 is 2.10 bits per heavy atom. The Labute approximate surface area is 117 Å². The average molecular weight is 308 g/mol. The molecule has 2 amide bonds. The maximum atomic E-state index is 12.1. The number of imidazole rings is 1. The third-order valence-corrected chi connectivity index (χ3v) is 2.50. The van der Waals surface area contributed by atoms with Gasteiger partial charge < -0.3 is 20.7 Å². The van der Waals surface area contributed by atoms with Crippen LogP contribution in [0.25, 0.3) is 0 Å². The lowest BCUT2D eigenvalue weighted by Crippen LogP contribution is -2.50. The maximum absolute atomic E-state index is 12.1. The largest absolute Gasteiger partial charge is 0.480 e. The fourth-order valence-corrected chi connectivity index (χ4v) is 1.64. The van der Waals surface area contributed by atoms with Gasteiger partial charge in [-0.15, -0.1) is 0 Å². The van der Waals surface area contributed by atoms with Gasteiger partial charge >= 0.3 is 18.2 Å². The third-order valence-electron chi connectivity index (χ3n) is 2.50. The van der Waals surface area contributed by atoms with Crippen LogP contribution in [-0.2, 0) is 11.2 Å². The van der Waals surface area contributed by atoms with Crippen molar-refractivity contribution < 1.29 is 27.9 Å². The summed E-state index contributed by atoms with van der Waals surface area (Å²) in [4.78, 5) is 28.9. The molecular formula is C11H15F3N4O3. The first kappa shape index (κ1) is 16.8. The van der Waals surface area contributed by atoms with Gasteiger partial charge in [0.2, 0.25) is 0 Å². The SMILES string of the molecule is CC(CC(F)(F)F)NC(=O)N[C@H](Cc1cnc[nH]1)C(=O)O. The quantitative estimate of drug-likeness (QED) is 0.630. The zero-order valence-corrected chi connectivity index (χ0v) is 11.1. The highest BCUT2D eigenvalue weighted by Gasteiger charge is 2.31. The molecule has 1 aromatic heterocycles. The van der Waals surface area contributed by atoms with Crippen molar-refractivity contribution in [3.8, 4) is 0 Å². The highest BCUT2D eigenvalue weighted by molar-refractivity contribution is 5.82. The van der Waals surface area contributed by atoms with Crippen LogP contribution in [0.1, 0.15) is 19.0 Å². The van der Waals surface area contributed by atoms with Gasteiger partial charge in [0.15, 0.2) is 0 Å². The Morgan fingerprint density at radius 1 is 1.43 bits per heavy atom. The first-order valence-electron chi connectivity index (χ1n) is 6.01. The second-order valence-corrected chi connectivity index (χ2v) is 4.51. The molecule has 7 nitrogen and oxygen atoms in total. The van der Waals surface area contributed by atoms with Crippen molar-refractivity contribution in [2.75, 3.05) is 0 Å². The van der Waals surface area contributed by atoms with E-state index in [9.17, 15) is 22.8 Å². The highest BCUT2D eigenvalue weighted by Crippen LogP contribution is 2.21. The van der Waals surface area contributed by atoms with Crippen molar-refractivity contribution in [3.05, 3.63) is 18.2 Å². The predicted octanol–water partition coefficient (Wildman–Crippen LogP) is 1.05. The van der Waals surface area contributed by atoms with Crippen LogP contribution in [0.2, 0.25) is 0 Å². The summed E-state index contributed by atoms with van der Waals surface area (Å²) in [5.74, 6) is -1.30. The Morgan fingerprint density at radius 3 is 2.57 bits per heavy atom. The van der Waals surface area contributed by atoms with Crippen molar-refractivity contribution in [2.24, 2.45) is 0 Å². The number of hydrogen-bond donors (Lipinski definition) is 4. The highest BCUT2D eigenvalue weighted by atomic mass is 19.4. The average Bonchev–Trinajstić information content (AvgIpc) is 2.77. The normalized spacial score (nSPS) is 14.3. The molecule has 21 heavy (non-hydrogen) atoms. The number of amides is 2. The number of rotatable bonds is 6. The van der Waals surface area contributed by atoms with Crippen LogP contribution < -0.4 is 10.6 Å². The number of nitrogens with one attached hydrogen (secondary N) is 3. The summed E-state index contributed by atoms with van der Waals surface area (Å²) >= 11 is 0. The number of aromatic nitrogens is 2. The molecule has 0 saturated heterocycles. The number of nitrogens with zero attached hydrogens (tertiary/aromatic N) is 1.